The van der Waals surface area contributed by atoms with Gasteiger partial charge in [-0.1, -0.05) is 24.3 Å². The van der Waals surface area contributed by atoms with Crippen molar-refractivity contribution in [1.29, 1.82) is 0 Å². The molecule has 0 fully saturated rings. The second-order valence-corrected chi connectivity index (χ2v) is 11.5. The Morgan fingerprint density at radius 1 is 0.800 bits per heavy atom. The number of fused-ring (bicyclic) bond motifs is 3. The van der Waals surface area contributed by atoms with Crippen LogP contribution in [0.5, 0.6) is 17.2 Å². The number of amides is 1. The maximum Gasteiger partial charge on any atom is 0.328 e. The third-order valence-electron chi connectivity index (χ3n) is 8.39. The number of carbonyl (C=O) groups excluding carboxylic acids is 1. The lowest BCUT2D eigenvalue weighted by Gasteiger charge is -2.29. The minimum atomic E-state index is -1.26. The molecule has 6 rings (SSSR count). The molecule has 0 spiro atoms. The van der Waals surface area contributed by atoms with Gasteiger partial charge in [-0.2, -0.15) is 0 Å². The number of methoxy groups -OCH3 is 3. The first-order valence-electron chi connectivity index (χ1n) is 15.7. The van der Waals surface area contributed by atoms with E-state index in [0.717, 1.165) is 44.0 Å². The molecule has 12 nitrogen and oxygen atoms in total. The summed E-state index contributed by atoms with van der Waals surface area (Å²) in [6.07, 6.45) is 2.99. The number of benzene rings is 4. The van der Waals surface area contributed by atoms with Crippen LogP contribution in [0, 0.1) is 0 Å². The van der Waals surface area contributed by atoms with Crippen LogP contribution in [0.25, 0.3) is 21.8 Å². The second kappa shape index (κ2) is 15.8. The largest absolute Gasteiger partial charge is 0.495 e. The zero-order valence-electron chi connectivity index (χ0n) is 27.8. The average Bonchev–Trinajstić information content (AvgIpc) is 3.13. The Balaban J connectivity index is 0.000000544. The van der Waals surface area contributed by atoms with Crippen LogP contribution >= 0.6 is 0 Å². The first kappa shape index (κ1) is 35.2. The van der Waals surface area contributed by atoms with Gasteiger partial charge in [0.2, 0.25) is 0 Å². The van der Waals surface area contributed by atoms with Gasteiger partial charge in [-0.3, -0.25) is 14.5 Å². The number of hydrogen-bond donors (Lipinski definition) is 4. The quantitative estimate of drug-likeness (QED) is 0.113. The highest BCUT2D eigenvalue weighted by Crippen LogP contribution is 2.33. The zero-order chi connectivity index (χ0) is 35.8. The van der Waals surface area contributed by atoms with Crippen LogP contribution in [-0.2, 0) is 29.0 Å². The minimum Gasteiger partial charge on any atom is -0.495 e. The highest BCUT2D eigenvalue weighted by Gasteiger charge is 2.20. The standard InChI is InChI=1S/C34H33N3O5.C4H4O4/c1-40-28-9-5-7-26-32(28)36-31-25(33(26)38)6-4-8-27(31)34(39)35-24-12-10-21(11-13-24)14-16-37-17-15-22-18-29(41-2)30(42-3)19-23(22)20-37;5-3(6)1-2-4(7)8/h4-13,18-19H,14-17,20H2,1-3H3,(H,35,39)(H,36,38);1-2H,(H,5,6)(H,7,8)/b;2-1-. The molecule has 5 aromatic rings. The van der Waals surface area contributed by atoms with Crippen LogP contribution in [-0.4, -0.2) is 72.4 Å². The first-order valence-corrected chi connectivity index (χ1v) is 15.7. The van der Waals surface area contributed by atoms with E-state index in [4.69, 9.17) is 24.4 Å². The van der Waals surface area contributed by atoms with Gasteiger partial charge in [0.1, 0.15) is 5.75 Å². The van der Waals surface area contributed by atoms with E-state index in [1.54, 1.807) is 57.7 Å². The molecule has 1 amide bonds. The molecule has 0 saturated heterocycles. The normalized spacial score (nSPS) is 12.5. The van der Waals surface area contributed by atoms with Gasteiger partial charge in [-0.05, 0) is 78.1 Å². The number of aliphatic carboxylic acids is 2. The van der Waals surface area contributed by atoms with E-state index in [0.29, 0.717) is 51.0 Å². The molecule has 0 saturated carbocycles. The van der Waals surface area contributed by atoms with Gasteiger partial charge in [0, 0.05) is 48.2 Å². The molecule has 2 heterocycles. The summed E-state index contributed by atoms with van der Waals surface area (Å²) < 4.78 is 16.4. The Morgan fingerprint density at radius 2 is 1.40 bits per heavy atom. The predicted molar refractivity (Wildman–Crippen MR) is 190 cm³/mol. The van der Waals surface area contributed by atoms with E-state index in [9.17, 15) is 19.2 Å². The number of carboxylic acid groups (broad SMARTS) is 2. The SMILES string of the molecule is COc1cc2c(cc1OC)CN(CCc1ccc(NC(=O)c3cccc4c(=O)c5cccc(OC)c5[nH]c34)cc1)CC2.O=C(O)/C=C\C(=O)O. The number of pyridine rings is 1. The number of aromatic nitrogens is 1. The number of anilines is 1. The van der Waals surface area contributed by atoms with Gasteiger partial charge in [0.05, 0.1) is 37.9 Å². The Labute approximate surface area is 287 Å². The Morgan fingerprint density at radius 3 is 2.02 bits per heavy atom. The van der Waals surface area contributed by atoms with Crippen molar-refractivity contribution in [3.8, 4) is 17.2 Å². The summed E-state index contributed by atoms with van der Waals surface area (Å²) >= 11 is 0. The number of para-hydroxylation sites is 2. The topological polar surface area (TPSA) is 167 Å². The molecule has 258 valence electrons. The van der Waals surface area contributed by atoms with Gasteiger partial charge in [0.15, 0.2) is 16.9 Å². The highest BCUT2D eigenvalue weighted by atomic mass is 16.5. The summed E-state index contributed by atoms with van der Waals surface area (Å²) in [5.74, 6) is -0.721. The van der Waals surface area contributed by atoms with Crippen molar-refractivity contribution in [2.75, 3.05) is 39.7 Å². The van der Waals surface area contributed by atoms with E-state index in [1.807, 2.05) is 24.3 Å². The Bertz CT molecular complexity index is 2120. The number of aromatic amines is 1. The van der Waals surface area contributed by atoms with Crippen molar-refractivity contribution in [3.05, 3.63) is 117 Å². The van der Waals surface area contributed by atoms with Crippen LogP contribution < -0.4 is 25.0 Å². The zero-order valence-corrected chi connectivity index (χ0v) is 27.8. The minimum absolute atomic E-state index is 0.146. The van der Waals surface area contributed by atoms with Gasteiger partial charge in [-0.15, -0.1) is 0 Å². The third kappa shape index (κ3) is 8.10. The van der Waals surface area contributed by atoms with Crippen molar-refractivity contribution in [3.63, 3.8) is 0 Å². The van der Waals surface area contributed by atoms with Gasteiger partial charge in [0.25, 0.3) is 5.91 Å². The molecule has 4 aromatic carbocycles. The van der Waals surface area contributed by atoms with Crippen molar-refractivity contribution < 1.29 is 38.8 Å². The lowest BCUT2D eigenvalue weighted by atomic mass is 9.98. The molecule has 0 unspecified atom stereocenters. The van der Waals surface area contributed by atoms with Gasteiger partial charge < -0.3 is 34.7 Å². The van der Waals surface area contributed by atoms with Crippen LogP contribution in [0.15, 0.2) is 89.7 Å². The molecule has 0 atom stereocenters. The molecule has 0 radical (unpaired) electrons. The maximum atomic E-state index is 13.3. The lowest BCUT2D eigenvalue weighted by Crippen LogP contribution is -2.32. The summed E-state index contributed by atoms with van der Waals surface area (Å²) in [5, 5.41) is 19.6. The number of nitrogens with one attached hydrogen (secondary N) is 2. The molecule has 1 aliphatic rings. The molecular weight excluding hydrogens is 642 g/mol. The molecule has 12 heteroatoms. The predicted octanol–water partition coefficient (Wildman–Crippen LogP) is 5.27. The number of carboxylic acids is 2. The van der Waals surface area contributed by atoms with Crippen LogP contribution in [0.1, 0.15) is 27.0 Å². The van der Waals surface area contributed by atoms with Crippen molar-refractivity contribution >= 4 is 45.3 Å². The lowest BCUT2D eigenvalue weighted by molar-refractivity contribution is -0.134. The molecule has 0 aliphatic carbocycles. The highest BCUT2D eigenvalue weighted by molar-refractivity contribution is 6.13. The fraction of sp³-hybridized carbons (Fsp3) is 0.211. The number of hydrogen-bond acceptors (Lipinski definition) is 8. The smallest absolute Gasteiger partial charge is 0.328 e. The van der Waals surface area contributed by atoms with Crippen molar-refractivity contribution in [2.24, 2.45) is 0 Å². The number of H-pyrrole nitrogens is 1. The number of carbonyl (C=O) groups is 3. The van der Waals surface area contributed by atoms with E-state index >= 15 is 0 Å². The fourth-order valence-electron chi connectivity index (χ4n) is 5.87. The van der Waals surface area contributed by atoms with Gasteiger partial charge in [-0.25, -0.2) is 9.59 Å². The summed E-state index contributed by atoms with van der Waals surface area (Å²) in [6, 6.07) is 22.6. The average molecular weight is 680 g/mol. The van der Waals surface area contributed by atoms with Crippen LogP contribution in [0.2, 0.25) is 0 Å². The van der Waals surface area contributed by atoms with E-state index in [1.165, 1.54) is 16.7 Å². The van der Waals surface area contributed by atoms with E-state index in [-0.39, 0.29) is 11.3 Å². The molecule has 4 N–H and O–H groups in total. The molecular formula is C38H37N3O9. The number of nitrogens with zero attached hydrogens (tertiary/aromatic N) is 1. The Hall–Kier alpha value is -6.14. The van der Waals surface area contributed by atoms with E-state index < -0.39 is 11.9 Å². The Kier molecular flexibility index (Phi) is 11.1. The van der Waals surface area contributed by atoms with Crippen LogP contribution in [0.4, 0.5) is 5.69 Å². The summed E-state index contributed by atoms with van der Waals surface area (Å²) in [4.78, 5) is 51.4. The molecule has 1 aromatic heterocycles. The number of rotatable bonds is 10. The second-order valence-electron chi connectivity index (χ2n) is 11.5. The monoisotopic (exact) mass is 679 g/mol. The van der Waals surface area contributed by atoms with Gasteiger partial charge >= 0.3 is 11.9 Å². The summed E-state index contributed by atoms with van der Waals surface area (Å²) in [6.45, 7) is 2.79. The van der Waals surface area contributed by atoms with E-state index in [2.05, 4.69) is 27.3 Å². The fourth-order valence-corrected chi connectivity index (χ4v) is 5.87. The van der Waals surface area contributed by atoms with Crippen molar-refractivity contribution in [1.82, 2.24) is 9.88 Å². The van der Waals surface area contributed by atoms with Crippen molar-refractivity contribution in [2.45, 2.75) is 19.4 Å². The molecule has 1 aliphatic heterocycles. The third-order valence-corrected chi connectivity index (χ3v) is 8.39. The molecule has 50 heavy (non-hydrogen) atoms. The van der Waals surface area contributed by atoms with Crippen LogP contribution in [0.3, 0.4) is 0 Å². The first-order chi connectivity index (χ1) is 24.1. The molecule has 0 bridgehead atoms. The summed E-state index contributed by atoms with van der Waals surface area (Å²) in [5.41, 5.74) is 5.76. The number of ether oxygens (including phenoxy) is 3. The maximum absolute atomic E-state index is 13.3. The summed E-state index contributed by atoms with van der Waals surface area (Å²) in [7, 11) is 4.89.